The van der Waals surface area contributed by atoms with Crippen molar-refractivity contribution in [1.29, 1.82) is 0 Å². The summed E-state index contributed by atoms with van der Waals surface area (Å²) in [5.41, 5.74) is 2.00. The van der Waals surface area contributed by atoms with E-state index in [9.17, 15) is 9.59 Å². The quantitative estimate of drug-likeness (QED) is 0.644. The second-order valence-electron chi connectivity index (χ2n) is 9.44. The minimum absolute atomic E-state index is 0.264. The van der Waals surface area contributed by atoms with E-state index in [1.165, 1.54) is 11.1 Å². The molecule has 6 heteroatoms. The minimum Gasteiger partial charge on any atom is -0.857 e. The molecule has 0 atom stereocenters. The van der Waals surface area contributed by atoms with Crippen molar-refractivity contribution in [3.8, 4) is 0 Å². The first kappa shape index (κ1) is 26.1. The molecule has 154 valence electrons. The van der Waals surface area contributed by atoms with Gasteiger partial charge in [-0.1, -0.05) is 0 Å². The van der Waals surface area contributed by atoms with Crippen molar-refractivity contribution >= 4 is 11.9 Å². The molecule has 0 N–H and O–H groups in total. The first-order valence-electron chi connectivity index (χ1n) is 9.13. The third kappa shape index (κ3) is 6.03. The van der Waals surface area contributed by atoms with Gasteiger partial charge in [-0.15, -0.1) is 0 Å². The van der Waals surface area contributed by atoms with Crippen molar-refractivity contribution in [3.63, 3.8) is 0 Å². The summed E-state index contributed by atoms with van der Waals surface area (Å²) in [6, 6.07) is 0. The van der Waals surface area contributed by atoms with E-state index in [2.05, 4.69) is 27.7 Å². The van der Waals surface area contributed by atoms with E-state index in [-0.39, 0.29) is 17.4 Å². The molecule has 1 rings (SSSR count). The Morgan fingerprint density at radius 2 is 1.15 bits per heavy atom. The molecule has 1 aliphatic rings. The number of carbonyl (C=O) groups is 2. The maximum atomic E-state index is 12.5. The van der Waals surface area contributed by atoms with Gasteiger partial charge >= 0.3 is 160 Å². The van der Waals surface area contributed by atoms with E-state index in [1.807, 2.05) is 48.5 Å². The van der Waals surface area contributed by atoms with Gasteiger partial charge in [0.1, 0.15) is 0 Å². The molecule has 0 saturated heterocycles. The van der Waals surface area contributed by atoms with Gasteiger partial charge in [-0.3, -0.25) is 0 Å². The molecule has 0 amide bonds. The third-order valence-electron chi connectivity index (χ3n) is 4.86. The Morgan fingerprint density at radius 3 is 1.37 bits per heavy atom. The van der Waals surface area contributed by atoms with Crippen LogP contribution in [0, 0.1) is 16.2 Å². The molecule has 5 nitrogen and oxygen atoms in total. The van der Waals surface area contributed by atoms with E-state index < -0.39 is 29.5 Å². The smallest absolute Gasteiger partial charge is 0.153 e. The van der Waals surface area contributed by atoms with Gasteiger partial charge in [-0.2, -0.15) is 7.11 Å². The zero-order valence-electron chi connectivity index (χ0n) is 19.0. The molecule has 0 radical (unpaired) electrons. The van der Waals surface area contributed by atoms with Crippen molar-refractivity contribution in [3.05, 3.63) is 20.6 Å². The van der Waals surface area contributed by atoms with E-state index in [0.29, 0.717) is 0 Å². The van der Waals surface area contributed by atoms with Crippen LogP contribution < -0.4 is 5.11 Å². The Bertz CT molecular complexity index is 614. The Kier molecular flexibility index (Phi) is 8.76. The number of allylic oxidation sites excluding steroid dienone is 4. The summed E-state index contributed by atoms with van der Waals surface area (Å²) in [5.74, 6) is -0.634. The van der Waals surface area contributed by atoms with Crippen molar-refractivity contribution in [2.45, 2.75) is 76.2 Å². The average Bonchev–Trinajstić information content (AvgIpc) is 2.66. The summed E-state index contributed by atoms with van der Waals surface area (Å²) >= 11 is -3.06. The Morgan fingerprint density at radius 1 is 0.815 bits per heavy atom. The SMILES string of the molecule is CC1=C(C)C(C)(C)[C]([Ti+]([O]C(=O)C(C)(C)C)[O]C(=O)C(C)(C)C)=C1C.C[O-]. The van der Waals surface area contributed by atoms with Gasteiger partial charge in [0, 0.05) is 0 Å². The fourth-order valence-corrected chi connectivity index (χ4v) is 6.33. The fraction of sp³-hybridized carbons (Fsp3) is 0.714. The van der Waals surface area contributed by atoms with Crippen LogP contribution in [0.15, 0.2) is 20.6 Å². The average molecular weight is 416 g/mol. The minimum atomic E-state index is -3.06. The second kappa shape index (κ2) is 9.06. The first-order valence-corrected chi connectivity index (χ1v) is 11.2. The van der Waals surface area contributed by atoms with Gasteiger partial charge in [-0.05, 0) is 0 Å². The van der Waals surface area contributed by atoms with Gasteiger partial charge < -0.3 is 5.11 Å². The first-order chi connectivity index (χ1) is 12.0. The molecule has 0 saturated carbocycles. The van der Waals surface area contributed by atoms with Crippen LogP contribution in [-0.2, 0) is 34.9 Å². The van der Waals surface area contributed by atoms with Crippen LogP contribution in [0.3, 0.4) is 0 Å². The van der Waals surface area contributed by atoms with Crippen molar-refractivity contribution in [1.82, 2.24) is 0 Å². The maximum Gasteiger partial charge on any atom is -0.153 e. The van der Waals surface area contributed by atoms with Gasteiger partial charge in [0.15, 0.2) is 0 Å². The van der Waals surface area contributed by atoms with Crippen LogP contribution in [0.2, 0.25) is 0 Å². The monoisotopic (exact) mass is 416 g/mol. The van der Waals surface area contributed by atoms with E-state index in [4.69, 9.17) is 11.7 Å². The van der Waals surface area contributed by atoms with Crippen LogP contribution in [0.4, 0.5) is 0 Å². The maximum absolute atomic E-state index is 12.5. The molecule has 1 aliphatic carbocycles. The largest absolute Gasteiger partial charge is 0.857 e. The Balaban J connectivity index is 0.00000326. The summed E-state index contributed by atoms with van der Waals surface area (Å²) < 4.78 is 12.7. The molecule has 0 heterocycles. The summed E-state index contributed by atoms with van der Waals surface area (Å²) in [6.07, 6.45) is 0. The summed E-state index contributed by atoms with van der Waals surface area (Å²) in [6.45, 7) is 21.3. The van der Waals surface area contributed by atoms with Crippen LogP contribution in [0.25, 0.3) is 0 Å². The van der Waals surface area contributed by atoms with Crippen molar-refractivity contribution < 1.29 is 40.0 Å². The number of hydrogen-bond acceptors (Lipinski definition) is 5. The normalized spacial score (nSPS) is 16.6. The van der Waals surface area contributed by atoms with Gasteiger partial charge in [-0.25, -0.2) is 0 Å². The van der Waals surface area contributed by atoms with Gasteiger partial charge in [0.2, 0.25) is 0 Å². The molecule has 0 aromatic carbocycles. The molecule has 0 aliphatic heterocycles. The number of hydrogen-bond donors (Lipinski definition) is 0. The van der Waals surface area contributed by atoms with Crippen LogP contribution in [0.1, 0.15) is 76.2 Å². The number of rotatable bonds is 3. The third-order valence-corrected chi connectivity index (χ3v) is 8.22. The van der Waals surface area contributed by atoms with Crippen molar-refractivity contribution in [2.24, 2.45) is 16.2 Å². The van der Waals surface area contributed by atoms with Crippen LogP contribution >= 0.6 is 0 Å². The molecule has 0 spiro atoms. The summed E-state index contributed by atoms with van der Waals surface area (Å²) in [5, 5.41) is 8.25. The zero-order chi connectivity index (χ0) is 22.0. The molecular formula is C21H36O5Ti. The van der Waals surface area contributed by atoms with Crippen LogP contribution in [-0.4, -0.2) is 19.0 Å². The zero-order valence-corrected chi connectivity index (χ0v) is 20.6. The summed E-state index contributed by atoms with van der Waals surface area (Å²) in [4.78, 5) is 25.1. The van der Waals surface area contributed by atoms with E-state index in [0.717, 1.165) is 16.6 Å². The Labute approximate surface area is 172 Å². The predicted molar refractivity (Wildman–Crippen MR) is 102 cm³/mol. The Hall–Kier alpha value is -0.906. The second-order valence-corrected chi connectivity index (χ2v) is 11.8. The molecule has 0 fully saturated rings. The molecule has 0 aromatic heterocycles. The van der Waals surface area contributed by atoms with Gasteiger partial charge in [0.25, 0.3) is 0 Å². The summed E-state index contributed by atoms with van der Waals surface area (Å²) in [7, 11) is 0.750. The molecular weight excluding hydrogens is 380 g/mol. The fourth-order valence-electron chi connectivity index (χ4n) is 2.60. The van der Waals surface area contributed by atoms with Crippen LogP contribution in [0.5, 0.6) is 0 Å². The molecule has 27 heavy (non-hydrogen) atoms. The standard InChI is InChI=1S/C10H15.2C5H10O2.CH3O.Ti/c1-7-6-10(4,5)9(3)8(7)2;2*1-5(2,3)4(6)7;1-2;/h1-5H3;2*1-3H3,(H,6,7);1H3;/q;;;-1;+3/p-2. The molecule has 0 unspecified atom stereocenters. The van der Waals surface area contributed by atoms with E-state index >= 15 is 0 Å². The predicted octanol–water partition coefficient (Wildman–Crippen LogP) is 4.24. The number of carbonyl (C=O) groups excluding carboxylic acids is 2. The molecule has 0 bridgehead atoms. The van der Waals surface area contributed by atoms with Crippen molar-refractivity contribution in [2.75, 3.05) is 7.11 Å². The van der Waals surface area contributed by atoms with Gasteiger partial charge in [0.05, 0.1) is 0 Å². The topological polar surface area (TPSA) is 75.7 Å². The molecule has 0 aromatic rings. The van der Waals surface area contributed by atoms with E-state index in [1.54, 1.807) is 0 Å².